The number of pyridine rings is 2. The van der Waals surface area contributed by atoms with E-state index < -0.39 is 11.2 Å². The lowest BCUT2D eigenvalue weighted by atomic mass is 10.0. The van der Waals surface area contributed by atoms with Crippen LogP contribution in [0.4, 0.5) is 5.69 Å². The van der Waals surface area contributed by atoms with Gasteiger partial charge in [-0.05, 0) is 50.2 Å². The molecular weight excluding hydrogens is 426 g/mol. The molecular formula is C25H20ClN3O3. The summed E-state index contributed by atoms with van der Waals surface area (Å²) in [5.41, 5.74) is 2.59. The number of benzene rings is 2. The van der Waals surface area contributed by atoms with Crippen LogP contribution in [0.15, 0.2) is 71.7 Å². The van der Waals surface area contributed by atoms with Gasteiger partial charge in [-0.15, -0.1) is 0 Å². The number of hydrogen-bond acceptors (Lipinski definition) is 4. The number of carbonyl (C=O) groups is 2. The standard InChI is InChI=1S/C25H20ClN3O3/c1-15-6-9-19(10-7-15)28-22(30)14-29-13-21(23(31)17-4-3-5-18(26)12-17)24(32)20-11-8-16(2)27-25(20)29/h3-13H,14H2,1-2H3,(H,28,30). The summed E-state index contributed by atoms with van der Waals surface area (Å²) in [5.74, 6) is -0.768. The summed E-state index contributed by atoms with van der Waals surface area (Å²) >= 11 is 6.02. The van der Waals surface area contributed by atoms with Crippen LogP contribution >= 0.6 is 11.6 Å². The molecule has 0 saturated carbocycles. The van der Waals surface area contributed by atoms with Gasteiger partial charge in [0.05, 0.1) is 10.9 Å². The number of aryl methyl sites for hydroxylation is 2. The molecule has 4 aromatic rings. The Hall–Kier alpha value is -3.77. The number of halogens is 1. The molecule has 0 aliphatic carbocycles. The van der Waals surface area contributed by atoms with Crippen molar-refractivity contribution in [2.75, 3.05) is 5.32 Å². The predicted octanol–water partition coefficient (Wildman–Crippen LogP) is 4.54. The SMILES string of the molecule is Cc1ccc(NC(=O)Cn2cc(C(=O)c3cccc(Cl)c3)c(=O)c3ccc(C)nc32)cc1. The van der Waals surface area contributed by atoms with Gasteiger partial charge in [0.1, 0.15) is 12.2 Å². The normalized spacial score (nSPS) is 10.8. The fourth-order valence-electron chi connectivity index (χ4n) is 3.42. The van der Waals surface area contributed by atoms with Crippen LogP contribution in [0.1, 0.15) is 27.2 Å². The van der Waals surface area contributed by atoms with E-state index in [1.807, 2.05) is 31.2 Å². The summed E-state index contributed by atoms with van der Waals surface area (Å²) in [7, 11) is 0. The first-order chi connectivity index (χ1) is 15.3. The summed E-state index contributed by atoms with van der Waals surface area (Å²) in [6, 6.07) is 17.2. The monoisotopic (exact) mass is 445 g/mol. The number of anilines is 1. The maximum absolute atomic E-state index is 13.1. The van der Waals surface area contributed by atoms with E-state index in [1.165, 1.54) is 16.8 Å². The average molecular weight is 446 g/mol. The van der Waals surface area contributed by atoms with Gasteiger partial charge in [0, 0.05) is 28.2 Å². The highest BCUT2D eigenvalue weighted by atomic mass is 35.5. The van der Waals surface area contributed by atoms with E-state index in [0.717, 1.165) is 5.56 Å². The molecule has 0 fully saturated rings. The second kappa shape index (κ2) is 8.77. The van der Waals surface area contributed by atoms with Crippen molar-refractivity contribution in [2.45, 2.75) is 20.4 Å². The number of rotatable bonds is 5. The van der Waals surface area contributed by atoms with Crippen LogP contribution in [-0.2, 0) is 11.3 Å². The van der Waals surface area contributed by atoms with Crippen molar-refractivity contribution in [1.29, 1.82) is 0 Å². The van der Waals surface area contributed by atoms with Gasteiger partial charge in [-0.2, -0.15) is 0 Å². The third kappa shape index (κ3) is 4.45. The second-order valence-electron chi connectivity index (χ2n) is 7.58. The number of nitrogens with zero attached hydrogens (tertiary/aromatic N) is 2. The molecule has 0 atom stereocenters. The fourth-order valence-corrected chi connectivity index (χ4v) is 3.61. The maximum atomic E-state index is 13.1. The van der Waals surface area contributed by atoms with E-state index in [2.05, 4.69) is 10.3 Å². The van der Waals surface area contributed by atoms with Crippen LogP contribution in [0.25, 0.3) is 11.0 Å². The molecule has 0 unspecified atom stereocenters. The van der Waals surface area contributed by atoms with Gasteiger partial charge in [0.25, 0.3) is 0 Å². The summed E-state index contributed by atoms with van der Waals surface area (Å²) in [5, 5.41) is 3.50. The molecule has 1 amide bonds. The third-order valence-electron chi connectivity index (χ3n) is 5.04. The lowest BCUT2D eigenvalue weighted by molar-refractivity contribution is -0.116. The highest BCUT2D eigenvalue weighted by Gasteiger charge is 2.19. The maximum Gasteiger partial charge on any atom is 0.244 e. The fraction of sp³-hybridized carbons (Fsp3) is 0.120. The average Bonchev–Trinajstić information content (AvgIpc) is 2.76. The third-order valence-corrected chi connectivity index (χ3v) is 5.28. The molecule has 0 radical (unpaired) electrons. The van der Waals surface area contributed by atoms with Gasteiger partial charge in [-0.25, -0.2) is 4.98 Å². The highest BCUT2D eigenvalue weighted by Crippen LogP contribution is 2.17. The molecule has 0 spiro atoms. The number of carbonyl (C=O) groups excluding carboxylic acids is 2. The van der Waals surface area contributed by atoms with Crippen LogP contribution in [0.3, 0.4) is 0 Å². The molecule has 6 nitrogen and oxygen atoms in total. The van der Waals surface area contributed by atoms with E-state index in [-0.39, 0.29) is 23.4 Å². The van der Waals surface area contributed by atoms with E-state index in [1.54, 1.807) is 37.3 Å². The van der Waals surface area contributed by atoms with Crippen molar-refractivity contribution >= 4 is 40.0 Å². The lowest BCUT2D eigenvalue weighted by Gasteiger charge is -2.13. The summed E-state index contributed by atoms with van der Waals surface area (Å²) in [4.78, 5) is 43.4. The zero-order chi connectivity index (χ0) is 22.8. The topological polar surface area (TPSA) is 81.1 Å². The van der Waals surface area contributed by atoms with E-state index in [4.69, 9.17) is 11.6 Å². The molecule has 4 rings (SSSR count). The predicted molar refractivity (Wildman–Crippen MR) is 125 cm³/mol. The van der Waals surface area contributed by atoms with Gasteiger partial charge in [-0.1, -0.05) is 41.4 Å². The van der Waals surface area contributed by atoms with Crippen molar-refractivity contribution in [3.05, 3.63) is 104 Å². The minimum Gasteiger partial charge on any atom is -0.325 e. The van der Waals surface area contributed by atoms with Crippen molar-refractivity contribution in [3.63, 3.8) is 0 Å². The number of aromatic nitrogens is 2. The Morgan fingerprint density at radius 1 is 1.03 bits per heavy atom. The summed E-state index contributed by atoms with van der Waals surface area (Å²) in [6.45, 7) is 3.65. The Balaban J connectivity index is 1.76. The minimum absolute atomic E-state index is 0.0476. The zero-order valence-electron chi connectivity index (χ0n) is 17.6. The molecule has 7 heteroatoms. The number of nitrogens with one attached hydrogen (secondary N) is 1. The van der Waals surface area contributed by atoms with Crippen LogP contribution in [0, 0.1) is 13.8 Å². The van der Waals surface area contributed by atoms with E-state index >= 15 is 0 Å². The molecule has 0 saturated heterocycles. The van der Waals surface area contributed by atoms with Gasteiger partial charge in [0.2, 0.25) is 11.3 Å². The van der Waals surface area contributed by atoms with Gasteiger partial charge in [0.15, 0.2) is 5.78 Å². The molecule has 32 heavy (non-hydrogen) atoms. The molecule has 0 bridgehead atoms. The van der Waals surface area contributed by atoms with Crippen molar-refractivity contribution in [2.24, 2.45) is 0 Å². The Morgan fingerprint density at radius 2 is 1.78 bits per heavy atom. The number of fused-ring (bicyclic) bond motifs is 1. The Kier molecular flexibility index (Phi) is 5.88. The Labute approximate surface area is 189 Å². The molecule has 0 aliphatic heterocycles. The number of hydrogen-bond donors (Lipinski definition) is 1. The molecule has 1 N–H and O–H groups in total. The molecule has 2 heterocycles. The van der Waals surface area contributed by atoms with Gasteiger partial charge in [-0.3, -0.25) is 14.4 Å². The highest BCUT2D eigenvalue weighted by molar-refractivity contribution is 6.31. The second-order valence-corrected chi connectivity index (χ2v) is 8.01. The van der Waals surface area contributed by atoms with Crippen LogP contribution in [0.5, 0.6) is 0 Å². The van der Waals surface area contributed by atoms with Crippen molar-refractivity contribution in [3.8, 4) is 0 Å². The Morgan fingerprint density at radius 3 is 2.50 bits per heavy atom. The molecule has 160 valence electrons. The molecule has 2 aromatic heterocycles. The van der Waals surface area contributed by atoms with E-state index in [9.17, 15) is 14.4 Å². The quantitative estimate of drug-likeness (QED) is 0.457. The summed E-state index contributed by atoms with van der Waals surface area (Å²) in [6.07, 6.45) is 1.40. The molecule has 0 aliphatic rings. The summed E-state index contributed by atoms with van der Waals surface area (Å²) < 4.78 is 1.53. The van der Waals surface area contributed by atoms with Crippen molar-refractivity contribution < 1.29 is 9.59 Å². The van der Waals surface area contributed by atoms with Crippen LogP contribution < -0.4 is 10.7 Å². The smallest absolute Gasteiger partial charge is 0.244 e. The van der Waals surface area contributed by atoms with Gasteiger partial charge >= 0.3 is 0 Å². The van der Waals surface area contributed by atoms with Gasteiger partial charge < -0.3 is 9.88 Å². The van der Waals surface area contributed by atoms with Crippen LogP contribution in [0.2, 0.25) is 5.02 Å². The zero-order valence-corrected chi connectivity index (χ0v) is 18.3. The first kappa shape index (κ1) is 21.5. The number of amides is 1. The van der Waals surface area contributed by atoms with Crippen molar-refractivity contribution in [1.82, 2.24) is 9.55 Å². The first-order valence-corrected chi connectivity index (χ1v) is 10.4. The van der Waals surface area contributed by atoms with Crippen LogP contribution in [-0.4, -0.2) is 21.2 Å². The Bertz CT molecular complexity index is 1410. The minimum atomic E-state index is -0.465. The molecule has 2 aromatic carbocycles. The number of ketones is 1. The first-order valence-electron chi connectivity index (χ1n) is 9.99. The lowest BCUT2D eigenvalue weighted by Crippen LogP contribution is -2.25. The largest absolute Gasteiger partial charge is 0.325 e. The van der Waals surface area contributed by atoms with E-state index in [0.29, 0.717) is 27.6 Å².